The molecule has 0 bridgehead atoms. The summed E-state index contributed by atoms with van der Waals surface area (Å²) in [5, 5.41) is 0. The summed E-state index contributed by atoms with van der Waals surface area (Å²) < 4.78 is 0. The van der Waals surface area contributed by atoms with Crippen molar-refractivity contribution >= 4 is 11.8 Å². The van der Waals surface area contributed by atoms with Gasteiger partial charge >= 0.3 is 0 Å². The van der Waals surface area contributed by atoms with Gasteiger partial charge < -0.3 is 5.73 Å². The maximum atomic E-state index is 5.86. The molecule has 0 heterocycles. The van der Waals surface area contributed by atoms with Crippen LogP contribution in [-0.4, -0.2) is 0 Å². The number of hydrogen-bond donors (Lipinski definition) is 1. The lowest BCUT2D eigenvalue weighted by molar-refractivity contribution is 0.817. The van der Waals surface area contributed by atoms with E-state index in [4.69, 9.17) is 5.73 Å². The fourth-order valence-electron chi connectivity index (χ4n) is 2.10. The summed E-state index contributed by atoms with van der Waals surface area (Å²) in [5.41, 5.74) is 11.3. The fourth-order valence-corrected chi connectivity index (χ4v) is 3.19. The number of aryl methyl sites for hydroxylation is 2. The van der Waals surface area contributed by atoms with E-state index in [0.29, 0.717) is 0 Å². The molecule has 0 saturated carbocycles. The SMILES string of the molecule is Cc1cccc(C)c1CSc1ccc(C(C)N)cc1. The Balaban J connectivity index is 2.06. The van der Waals surface area contributed by atoms with Gasteiger partial charge in [-0.15, -0.1) is 11.8 Å². The van der Waals surface area contributed by atoms with E-state index in [1.165, 1.54) is 27.1 Å². The average Bonchev–Trinajstić information content (AvgIpc) is 2.38. The summed E-state index contributed by atoms with van der Waals surface area (Å²) in [6.45, 7) is 6.38. The fraction of sp³-hybridized carbons (Fsp3) is 0.294. The van der Waals surface area contributed by atoms with Gasteiger partial charge in [0.15, 0.2) is 0 Å². The highest BCUT2D eigenvalue weighted by Crippen LogP contribution is 2.27. The molecule has 2 N–H and O–H groups in total. The Hall–Kier alpha value is -1.25. The van der Waals surface area contributed by atoms with E-state index in [9.17, 15) is 0 Å². The largest absolute Gasteiger partial charge is 0.324 e. The maximum Gasteiger partial charge on any atom is 0.0266 e. The van der Waals surface area contributed by atoms with Crippen LogP contribution in [0.1, 0.15) is 35.2 Å². The first-order valence-corrected chi connectivity index (χ1v) is 7.60. The standard InChI is InChI=1S/C17H21NS/c1-12-5-4-6-13(2)17(12)11-19-16-9-7-15(8-10-16)14(3)18/h4-10,14H,11,18H2,1-3H3. The van der Waals surface area contributed by atoms with Gasteiger partial charge in [-0.1, -0.05) is 30.3 Å². The molecule has 1 unspecified atom stereocenters. The number of benzene rings is 2. The molecule has 0 aliphatic carbocycles. The molecule has 2 aromatic rings. The molecule has 0 aromatic heterocycles. The predicted octanol–water partition coefficient (Wildman–Crippen LogP) is 4.62. The molecule has 0 aliphatic heterocycles. The van der Waals surface area contributed by atoms with Crippen molar-refractivity contribution in [3.8, 4) is 0 Å². The molecule has 0 fully saturated rings. The first kappa shape index (κ1) is 14.2. The van der Waals surface area contributed by atoms with Crippen LogP contribution in [0, 0.1) is 13.8 Å². The molecule has 0 radical (unpaired) electrons. The smallest absolute Gasteiger partial charge is 0.0266 e. The van der Waals surface area contributed by atoms with Gasteiger partial charge in [-0.3, -0.25) is 0 Å². The van der Waals surface area contributed by atoms with Crippen LogP contribution in [0.5, 0.6) is 0 Å². The van der Waals surface area contributed by atoms with E-state index < -0.39 is 0 Å². The second-order valence-electron chi connectivity index (χ2n) is 5.02. The van der Waals surface area contributed by atoms with Crippen LogP contribution in [0.15, 0.2) is 47.4 Å². The molecule has 0 saturated heterocycles. The van der Waals surface area contributed by atoms with E-state index in [2.05, 4.69) is 56.3 Å². The van der Waals surface area contributed by atoms with Crippen LogP contribution >= 0.6 is 11.8 Å². The molecular formula is C17H21NS. The first-order valence-electron chi connectivity index (χ1n) is 6.61. The minimum atomic E-state index is 0.109. The number of rotatable bonds is 4. The number of nitrogens with two attached hydrogens (primary N) is 1. The summed E-state index contributed by atoms with van der Waals surface area (Å²) in [5.74, 6) is 1.02. The molecule has 100 valence electrons. The monoisotopic (exact) mass is 271 g/mol. The van der Waals surface area contributed by atoms with Crippen LogP contribution in [-0.2, 0) is 5.75 Å². The zero-order valence-electron chi connectivity index (χ0n) is 11.8. The van der Waals surface area contributed by atoms with Gasteiger partial charge in [0.25, 0.3) is 0 Å². The molecular weight excluding hydrogens is 250 g/mol. The van der Waals surface area contributed by atoms with Crippen molar-refractivity contribution in [2.45, 2.75) is 37.5 Å². The van der Waals surface area contributed by atoms with Crippen molar-refractivity contribution in [2.75, 3.05) is 0 Å². The molecule has 2 rings (SSSR count). The zero-order valence-corrected chi connectivity index (χ0v) is 12.6. The average molecular weight is 271 g/mol. The molecule has 1 atom stereocenters. The zero-order chi connectivity index (χ0) is 13.8. The minimum absolute atomic E-state index is 0.109. The third kappa shape index (κ3) is 3.62. The van der Waals surface area contributed by atoms with E-state index in [1.807, 2.05) is 18.7 Å². The summed E-state index contributed by atoms with van der Waals surface area (Å²) >= 11 is 1.88. The Morgan fingerprint density at radius 3 is 2.11 bits per heavy atom. The molecule has 2 heteroatoms. The van der Waals surface area contributed by atoms with Gasteiger partial charge in [0.05, 0.1) is 0 Å². The third-order valence-corrected chi connectivity index (χ3v) is 4.47. The Morgan fingerprint density at radius 2 is 1.58 bits per heavy atom. The third-order valence-electron chi connectivity index (χ3n) is 3.43. The van der Waals surface area contributed by atoms with Crippen molar-refractivity contribution in [3.63, 3.8) is 0 Å². The minimum Gasteiger partial charge on any atom is -0.324 e. The lowest BCUT2D eigenvalue weighted by atomic mass is 10.1. The lowest BCUT2D eigenvalue weighted by Gasteiger charge is -2.10. The van der Waals surface area contributed by atoms with Gasteiger partial charge in [0.1, 0.15) is 0 Å². The quantitative estimate of drug-likeness (QED) is 0.821. The highest BCUT2D eigenvalue weighted by atomic mass is 32.2. The van der Waals surface area contributed by atoms with Gasteiger partial charge in [-0.2, -0.15) is 0 Å². The second kappa shape index (κ2) is 6.27. The highest BCUT2D eigenvalue weighted by molar-refractivity contribution is 7.98. The molecule has 2 aromatic carbocycles. The van der Waals surface area contributed by atoms with Crippen molar-refractivity contribution in [1.29, 1.82) is 0 Å². The normalized spacial score (nSPS) is 12.4. The Labute approximate surface area is 120 Å². The Kier molecular flexibility index (Phi) is 4.67. The summed E-state index contributed by atoms with van der Waals surface area (Å²) in [6, 6.07) is 15.2. The Bertz CT molecular complexity index is 523. The van der Waals surface area contributed by atoms with Crippen molar-refractivity contribution in [2.24, 2.45) is 5.73 Å². The van der Waals surface area contributed by atoms with E-state index in [-0.39, 0.29) is 6.04 Å². The van der Waals surface area contributed by atoms with E-state index >= 15 is 0 Å². The first-order chi connectivity index (χ1) is 9.08. The molecule has 0 amide bonds. The lowest BCUT2D eigenvalue weighted by Crippen LogP contribution is -2.04. The van der Waals surface area contributed by atoms with E-state index in [0.717, 1.165) is 5.75 Å². The van der Waals surface area contributed by atoms with Crippen molar-refractivity contribution in [1.82, 2.24) is 0 Å². The van der Waals surface area contributed by atoms with Gasteiger partial charge in [-0.25, -0.2) is 0 Å². The van der Waals surface area contributed by atoms with Crippen LogP contribution in [0.2, 0.25) is 0 Å². The van der Waals surface area contributed by atoms with Crippen LogP contribution in [0.25, 0.3) is 0 Å². The summed E-state index contributed by atoms with van der Waals surface area (Å²) in [7, 11) is 0. The van der Waals surface area contributed by atoms with Gasteiger partial charge in [0, 0.05) is 16.7 Å². The number of thioether (sulfide) groups is 1. The van der Waals surface area contributed by atoms with Gasteiger partial charge in [0.2, 0.25) is 0 Å². The number of hydrogen-bond acceptors (Lipinski definition) is 2. The maximum absolute atomic E-state index is 5.86. The van der Waals surface area contributed by atoms with Gasteiger partial charge in [-0.05, 0) is 55.2 Å². The van der Waals surface area contributed by atoms with Crippen LogP contribution in [0.3, 0.4) is 0 Å². The Morgan fingerprint density at radius 1 is 1.00 bits per heavy atom. The topological polar surface area (TPSA) is 26.0 Å². The molecule has 1 nitrogen and oxygen atoms in total. The van der Waals surface area contributed by atoms with E-state index in [1.54, 1.807) is 0 Å². The predicted molar refractivity (Wildman–Crippen MR) is 84.5 cm³/mol. The summed E-state index contributed by atoms with van der Waals surface area (Å²) in [6.07, 6.45) is 0. The molecule has 19 heavy (non-hydrogen) atoms. The second-order valence-corrected chi connectivity index (χ2v) is 6.07. The van der Waals surface area contributed by atoms with Crippen LogP contribution < -0.4 is 5.73 Å². The molecule has 0 spiro atoms. The summed E-state index contributed by atoms with van der Waals surface area (Å²) in [4.78, 5) is 1.30. The highest BCUT2D eigenvalue weighted by Gasteiger charge is 2.04. The van der Waals surface area contributed by atoms with Crippen molar-refractivity contribution < 1.29 is 0 Å². The molecule has 0 aliphatic rings. The van der Waals surface area contributed by atoms with Crippen LogP contribution in [0.4, 0.5) is 0 Å². The van der Waals surface area contributed by atoms with Crippen molar-refractivity contribution in [3.05, 3.63) is 64.7 Å².